The zero-order chi connectivity index (χ0) is 29.1. The Bertz CT molecular complexity index is 821. The van der Waals surface area contributed by atoms with Gasteiger partial charge in [0.05, 0.1) is 48.6 Å². The van der Waals surface area contributed by atoms with Crippen LogP contribution in [-0.4, -0.2) is 98.3 Å². The highest BCUT2D eigenvalue weighted by molar-refractivity contribution is 5.79. The summed E-state index contributed by atoms with van der Waals surface area (Å²) in [6.07, 6.45) is -1.32. The summed E-state index contributed by atoms with van der Waals surface area (Å²) in [5.41, 5.74) is 6.00. The summed E-state index contributed by atoms with van der Waals surface area (Å²) in [7, 11) is 0. The lowest BCUT2D eigenvalue weighted by Crippen LogP contribution is -2.61. The van der Waals surface area contributed by atoms with E-state index in [0.29, 0.717) is 19.3 Å². The Morgan fingerprint density at radius 1 is 1.15 bits per heavy atom. The van der Waals surface area contributed by atoms with Crippen LogP contribution in [0.25, 0.3) is 0 Å². The Morgan fingerprint density at radius 2 is 1.82 bits per heavy atom. The van der Waals surface area contributed by atoms with E-state index in [0.717, 1.165) is 0 Å². The molecule has 226 valence electrons. The van der Waals surface area contributed by atoms with E-state index in [-0.39, 0.29) is 43.0 Å². The van der Waals surface area contributed by atoms with Crippen molar-refractivity contribution in [2.75, 3.05) is 0 Å². The minimum Gasteiger partial charge on any atom is -0.393 e. The molecule has 0 aromatic heterocycles. The maximum atomic E-state index is 13.3. The lowest BCUT2D eigenvalue weighted by Gasteiger charge is -2.45. The molecule has 11 nitrogen and oxygen atoms in total. The molecule has 3 aliphatic rings. The van der Waals surface area contributed by atoms with E-state index in [9.17, 15) is 30.3 Å². The number of amides is 1. The van der Waals surface area contributed by atoms with Crippen molar-refractivity contribution in [1.82, 2.24) is 5.32 Å². The van der Waals surface area contributed by atoms with Gasteiger partial charge in [0.15, 0.2) is 12.1 Å². The fourth-order valence-corrected chi connectivity index (χ4v) is 5.34. The van der Waals surface area contributed by atoms with E-state index in [4.69, 9.17) is 19.9 Å². The average Bonchev–Trinajstić information content (AvgIpc) is 2.83. The van der Waals surface area contributed by atoms with E-state index in [1.165, 1.54) is 0 Å². The summed E-state index contributed by atoms with van der Waals surface area (Å²) in [6.45, 7) is 9.36. The van der Waals surface area contributed by atoms with E-state index < -0.39 is 66.8 Å². The fraction of sp³-hybridized carbons (Fsp3) is 0.893. The summed E-state index contributed by atoms with van der Waals surface area (Å²) < 4.78 is 18.1. The lowest BCUT2D eigenvalue weighted by atomic mass is 9.83. The molecular formula is C28H50N2O9. The fourth-order valence-electron chi connectivity index (χ4n) is 5.34. The molecular weight excluding hydrogens is 508 g/mol. The van der Waals surface area contributed by atoms with Crippen LogP contribution in [0.15, 0.2) is 12.2 Å². The quantitative estimate of drug-likeness (QED) is 0.174. The molecule has 0 spiro atoms. The smallest absolute Gasteiger partial charge is 0.225 e. The number of hydrogen-bond donors (Lipinski definition) is 7. The number of ether oxygens (including phenoxy) is 3. The molecule has 6 unspecified atom stereocenters. The normalized spacial score (nSPS) is 41.0. The van der Waals surface area contributed by atoms with Gasteiger partial charge >= 0.3 is 0 Å². The van der Waals surface area contributed by atoms with Crippen LogP contribution in [-0.2, 0) is 19.0 Å². The molecule has 10 atom stereocenters. The predicted molar refractivity (Wildman–Crippen MR) is 143 cm³/mol. The second kappa shape index (κ2) is 13.7. The Hall–Kier alpha value is -1.15. The number of hydrogen-bond acceptors (Lipinski definition) is 10. The number of rotatable bonds is 11. The highest BCUT2D eigenvalue weighted by Gasteiger charge is 2.47. The topological polar surface area (TPSA) is 184 Å². The van der Waals surface area contributed by atoms with Crippen molar-refractivity contribution in [3.8, 4) is 0 Å². The highest BCUT2D eigenvalue weighted by atomic mass is 16.7. The summed E-state index contributed by atoms with van der Waals surface area (Å²) in [4.78, 5) is 13.3. The summed E-state index contributed by atoms with van der Waals surface area (Å²) >= 11 is 0. The van der Waals surface area contributed by atoms with Gasteiger partial charge in [-0.25, -0.2) is 0 Å². The number of allylic oxidation sites excluding steroid dienone is 1. The molecule has 8 N–H and O–H groups in total. The number of aliphatic hydroxyl groups excluding tert-OH is 4. The van der Waals surface area contributed by atoms with Crippen molar-refractivity contribution in [3.63, 3.8) is 0 Å². The molecule has 11 heteroatoms. The van der Waals surface area contributed by atoms with Crippen LogP contribution in [0.5, 0.6) is 0 Å². The minimum absolute atomic E-state index is 0.00634. The standard InChI is InChI=1S/C28H50N2O9/c1-14(2)6-7-19(38-27-25(34)23(29)24(33)16(5)37-27)12-22-20(26(35)30-17-10-18(31)11-17)8-9-28(36,39-22)13-21(32)15(3)4/h6-7,14-25,27,31-34,36H,8-13,29H2,1-5H3,(H,30,35)/b7-6+/t16?,17-,18+,19-,20?,21+,22-,23?,24?,25?,27?,28-/m0/s1. The summed E-state index contributed by atoms with van der Waals surface area (Å²) in [5.74, 6) is -2.34. The molecule has 2 aliphatic heterocycles. The first-order valence-corrected chi connectivity index (χ1v) is 14.4. The molecule has 3 fully saturated rings. The highest BCUT2D eigenvalue weighted by Crippen LogP contribution is 2.38. The van der Waals surface area contributed by atoms with Gasteiger partial charge in [0.25, 0.3) is 0 Å². The largest absolute Gasteiger partial charge is 0.393 e. The van der Waals surface area contributed by atoms with Crippen molar-refractivity contribution < 1.29 is 44.5 Å². The van der Waals surface area contributed by atoms with Crippen LogP contribution in [0, 0.1) is 17.8 Å². The first-order chi connectivity index (χ1) is 18.2. The first kappa shape index (κ1) is 32.4. The van der Waals surface area contributed by atoms with Gasteiger partial charge in [-0.3, -0.25) is 4.79 Å². The Labute approximate surface area is 231 Å². The van der Waals surface area contributed by atoms with Gasteiger partial charge in [-0.1, -0.05) is 39.8 Å². The van der Waals surface area contributed by atoms with Gasteiger partial charge in [-0.15, -0.1) is 0 Å². The van der Waals surface area contributed by atoms with Gasteiger partial charge in [0.2, 0.25) is 5.91 Å². The van der Waals surface area contributed by atoms with Crippen LogP contribution in [0.4, 0.5) is 0 Å². The molecule has 0 aromatic rings. The van der Waals surface area contributed by atoms with Crippen LogP contribution >= 0.6 is 0 Å². The van der Waals surface area contributed by atoms with Crippen LogP contribution < -0.4 is 11.1 Å². The maximum absolute atomic E-state index is 13.3. The van der Waals surface area contributed by atoms with E-state index >= 15 is 0 Å². The molecule has 1 aliphatic carbocycles. The van der Waals surface area contributed by atoms with Crippen molar-refractivity contribution in [1.29, 1.82) is 0 Å². The van der Waals surface area contributed by atoms with Crippen LogP contribution in [0.1, 0.15) is 73.1 Å². The third-order valence-corrected chi connectivity index (χ3v) is 8.14. The Balaban J connectivity index is 1.81. The van der Waals surface area contributed by atoms with E-state index in [1.807, 2.05) is 39.8 Å². The SMILES string of the molecule is CC(C)/C=C/[C@@H](C[C@@H]1O[C@](O)(C[C@@H](O)C(C)C)CCC1C(=O)N[C@H]1C[C@@H](O)C1)OC1OC(C)C(O)C(N)C1O. The van der Waals surface area contributed by atoms with Crippen molar-refractivity contribution >= 4 is 5.91 Å². The van der Waals surface area contributed by atoms with Crippen molar-refractivity contribution in [2.24, 2.45) is 23.5 Å². The summed E-state index contributed by atoms with van der Waals surface area (Å²) in [5, 5.41) is 55.2. The second-order valence-corrected chi connectivity index (χ2v) is 12.4. The third-order valence-electron chi connectivity index (χ3n) is 8.14. The van der Waals surface area contributed by atoms with E-state index in [1.54, 1.807) is 6.92 Å². The van der Waals surface area contributed by atoms with Gasteiger partial charge in [-0.2, -0.15) is 0 Å². The Kier molecular flexibility index (Phi) is 11.3. The van der Waals surface area contributed by atoms with Gasteiger partial charge in [0.1, 0.15) is 6.10 Å². The molecule has 1 amide bonds. The van der Waals surface area contributed by atoms with Crippen LogP contribution in [0.2, 0.25) is 0 Å². The molecule has 1 saturated carbocycles. The number of nitrogens with one attached hydrogen (secondary N) is 1. The monoisotopic (exact) mass is 558 g/mol. The van der Waals surface area contributed by atoms with Crippen LogP contribution in [0.3, 0.4) is 0 Å². The Morgan fingerprint density at radius 3 is 2.41 bits per heavy atom. The van der Waals surface area contributed by atoms with Crippen molar-refractivity contribution in [3.05, 3.63) is 12.2 Å². The maximum Gasteiger partial charge on any atom is 0.225 e. The molecule has 3 rings (SSSR count). The molecule has 2 heterocycles. The predicted octanol–water partition coefficient (Wildman–Crippen LogP) is 0.298. The average molecular weight is 559 g/mol. The van der Waals surface area contributed by atoms with Gasteiger partial charge in [-0.05, 0) is 38.0 Å². The zero-order valence-corrected chi connectivity index (χ0v) is 23.8. The molecule has 0 aromatic carbocycles. The summed E-state index contributed by atoms with van der Waals surface area (Å²) in [6, 6.07) is -1.07. The third kappa shape index (κ3) is 8.67. The first-order valence-electron chi connectivity index (χ1n) is 14.4. The number of carbonyl (C=O) groups is 1. The molecule has 0 bridgehead atoms. The number of nitrogens with two attached hydrogens (primary N) is 1. The lowest BCUT2D eigenvalue weighted by molar-refractivity contribution is -0.295. The van der Waals surface area contributed by atoms with E-state index in [2.05, 4.69) is 5.32 Å². The second-order valence-electron chi connectivity index (χ2n) is 12.4. The zero-order valence-electron chi connectivity index (χ0n) is 23.8. The number of aliphatic hydroxyl groups is 5. The number of carbonyl (C=O) groups excluding carboxylic acids is 1. The van der Waals surface area contributed by atoms with Gasteiger partial charge < -0.3 is 50.8 Å². The minimum atomic E-state index is -1.62. The molecule has 2 saturated heterocycles. The molecule has 0 radical (unpaired) electrons. The van der Waals surface area contributed by atoms with Gasteiger partial charge in [0, 0.05) is 25.3 Å². The van der Waals surface area contributed by atoms with Crippen molar-refractivity contribution in [2.45, 2.75) is 140 Å². The molecule has 39 heavy (non-hydrogen) atoms.